The standard InChI is InChI=1S/C23H29N5O2/c1-2-10-25-22(29)17-8-12-27(13-9-17)21-5-3-20(4-6-21)26-23(30)28-15-18-7-11-24-14-19(18)16-28/h3-7,11,14,17H,2,8-10,12-13,15-16H2,1H3,(H,25,29)(H,26,30). The van der Waals surface area contributed by atoms with E-state index < -0.39 is 0 Å². The van der Waals surface area contributed by atoms with Crippen LogP contribution in [0.4, 0.5) is 16.2 Å². The number of carbonyl (C=O) groups is 2. The van der Waals surface area contributed by atoms with Gasteiger partial charge in [-0.05, 0) is 60.7 Å². The van der Waals surface area contributed by atoms with Crippen LogP contribution >= 0.6 is 0 Å². The molecule has 1 fully saturated rings. The van der Waals surface area contributed by atoms with Crippen molar-refractivity contribution in [2.24, 2.45) is 5.92 Å². The second-order valence-corrected chi connectivity index (χ2v) is 8.03. The van der Waals surface area contributed by atoms with Crippen LogP contribution in [0.1, 0.15) is 37.3 Å². The van der Waals surface area contributed by atoms with Crippen molar-refractivity contribution < 1.29 is 9.59 Å². The zero-order valence-corrected chi connectivity index (χ0v) is 17.4. The molecular formula is C23H29N5O2. The van der Waals surface area contributed by atoms with E-state index in [0.717, 1.165) is 61.4 Å². The second-order valence-electron chi connectivity index (χ2n) is 8.03. The third-order valence-electron chi connectivity index (χ3n) is 5.91. The van der Waals surface area contributed by atoms with Crippen molar-refractivity contribution in [3.8, 4) is 0 Å². The lowest BCUT2D eigenvalue weighted by Crippen LogP contribution is -2.40. The quantitative estimate of drug-likeness (QED) is 0.797. The van der Waals surface area contributed by atoms with Crippen LogP contribution in [0.2, 0.25) is 0 Å². The number of anilines is 2. The van der Waals surface area contributed by atoms with Crippen LogP contribution in [0.15, 0.2) is 42.7 Å². The molecule has 3 heterocycles. The maximum absolute atomic E-state index is 12.6. The molecule has 7 heteroatoms. The number of fused-ring (bicyclic) bond motifs is 1. The molecular weight excluding hydrogens is 378 g/mol. The normalized spacial score (nSPS) is 16.3. The number of nitrogens with zero attached hydrogens (tertiary/aromatic N) is 3. The van der Waals surface area contributed by atoms with Gasteiger partial charge in [0.15, 0.2) is 0 Å². The number of carbonyl (C=O) groups excluding carboxylic acids is 2. The minimum Gasteiger partial charge on any atom is -0.371 e. The first kappa shape index (κ1) is 20.2. The summed E-state index contributed by atoms with van der Waals surface area (Å²) in [5, 5.41) is 5.99. The highest BCUT2D eigenvalue weighted by Gasteiger charge is 2.25. The molecule has 2 aliphatic heterocycles. The van der Waals surface area contributed by atoms with E-state index in [9.17, 15) is 9.59 Å². The number of aromatic nitrogens is 1. The Morgan fingerprint density at radius 3 is 2.50 bits per heavy atom. The van der Waals surface area contributed by atoms with Crippen LogP contribution in [0, 0.1) is 5.92 Å². The van der Waals surface area contributed by atoms with Gasteiger partial charge in [0.2, 0.25) is 5.91 Å². The Balaban J connectivity index is 1.28. The molecule has 3 amide bonds. The molecule has 2 aliphatic rings. The van der Waals surface area contributed by atoms with E-state index in [-0.39, 0.29) is 17.9 Å². The fraction of sp³-hybridized carbons (Fsp3) is 0.435. The number of hydrogen-bond acceptors (Lipinski definition) is 4. The second kappa shape index (κ2) is 9.15. The Morgan fingerprint density at radius 1 is 1.07 bits per heavy atom. The van der Waals surface area contributed by atoms with E-state index in [1.165, 1.54) is 0 Å². The molecule has 1 aromatic heterocycles. The Labute approximate surface area is 177 Å². The summed E-state index contributed by atoms with van der Waals surface area (Å²) >= 11 is 0. The zero-order valence-electron chi connectivity index (χ0n) is 17.4. The number of piperidine rings is 1. The van der Waals surface area contributed by atoms with Crippen LogP contribution in [0.5, 0.6) is 0 Å². The summed E-state index contributed by atoms with van der Waals surface area (Å²) in [7, 11) is 0. The molecule has 0 radical (unpaired) electrons. The average Bonchev–Trinajstić information content (AvgIpc) is 3.23. The van der Waals surface area contributed by atoms with Gasteiger partial charge in [0, 0.05) is 62.4 Å². The minimum absolute atomic E-state index is 0.0992. The summed E-state index contributed by atoms with van der Waals surface area (Å²) in [4.78, 5) is 33.0. The highest BCUT2D eigenvalue weighted by atomic mass is 16.2. The van der Waals surface area contributed by atoms with Gasteiger partial charge >= 0.3 is 6.03 Å². The van der Waals surface area contributed by atoms with Crippen molar-refractivity contribution in [2.45, 2.75) is 39.3 Å². The molecule has 0 atom stereocenters. The zero-order chi connectivity index (χ0) is 20.9. The highest BCUT2D eigenvalue weighted by molar-refractivity contribution is 5.90. The lowest BCUT2D eigenvalue weighted by Gasteiger charge is -2.33. The maximum atomic E-state index is 12.6. The average molecular weight is 408 g/mol. The Kier molecular flexibility index (Phi) is 6.16. The van der Waals surface area contributed by atoms with Crippen LogP contribution in [-0.4, -0.2) is 41.5 Å². The lowest BCUT2D eigenvalue weighted by atomic mass is 9.95. The highest BCUT2D eigenvalue weighted by Crippen LogP contribution is 2.26. The molecule has 158 valence electrons. The number of rotatable bonds is 5. The van der Waals surface area contributed by atoms with Crippen molar-refractivity contribution in [2.75, 3.05) is 29.9 Å². The molecule has 2 N–H and O–H groups in total. The summed E-state index contributed by atoms with van der Waals surface area (Å²) in [5.74, 6) is 0.306. The van der Waals surface area contributed by atoms with Crippen LogP contribution < -0.4 is 15.5 Å². The van der Waals surface area contributed by atoms with E-state index in [4.69, 9.17) is 0 Å². The molecule has 1 saturated heterocycles. The first-order chi connectivity index (χ1) is 14.6. The predicted octanol–water partition coefficient (Wildman–Crippen LogP) is 3.37. The largest absolute Gasteiger partial charge is 0.371 e. The van der Waals surface area contributed by atoms with Gasteiger partial charge < -0.3 is 20.4 Å². The minimum atomic E-state index is -0.0992. The predicted molar refractivity (Wildman–Crippen MR) is 117 cm³/mol. The number of urea groups is 1. The smallest absolute Gasteiger partial charge is 0.322 e. The fourth-order valence-electron chi connectivity index (χ4n) is 4.11. The monoisotopic (exact) mass is 407 g/mol. The molecule has 7 nitrogen and oxygen atoms in total. The van der Waals surface area contributed by atoms with Crippen LogP contribution in [0.25, 0.3) is 0 Å². The topological polar surface area (TPSA) is 77.6 Å². The molecule has 0 bridgehead atoms. The van der Waals surface area contributed by atoms with Gasteiger partial charge in [-0.25, -0.2) is 4.79 Å². The Bertz CT molecular complexity index is 866. The first-order valence-corrected chi connectivity index (χ1v) is 10.7. The molecule has 0 unspecified atom stereocenters. The summed E-state index contributed by atoms with van der Waals surface area (Å²) < 4.78 is 0. The van der Waals surface area contributed by atoms with Crippen molar-refractivity contribution in [3.63, 3.8) is 0 Å². The van der Waals surface area contributed by atoms with Gasteiger partial charge in [-0.3, -0.25) is 9.78 Å². The number of benzene rings is 1. The van der Waals surface area contributed by atoms with Gasteiger partial charge in [0.1, 0.15) is 0 Å². The van der Waals surface area contributed by atoms with Crippen molar-refractivity contribution in [1.29, 1.82) is 0 Å². The first-order valence-electron chi connectivity index (χ1n) is 10.7. The van der Waals surface area contributed by atoms with Crippen LogP contribution in [0.3, 0.4) is 0 Å². The lowest BCUT2D eigenvalue weighted by molar-refractivity contribution is -0.125. The number of pyridine rings is 1. The molecule has 0 saturated carbocycles. The van der Waals surface area contributed by atoms with Gasteiger partial charge in [-0.15, -0.1) is 0 Å². The van der Waals surface area contributed by atoms with E-state index in [2.05, 4.69) is 27.4 Å². The van der Waals surface area contributed by atoms with Gasteiger partial charge in [0.25, 0.3) is 0 Å². The molecule has 0 spiro atoms. The van der Waals surface area contributed by atoms with E-state index >= 15 is 0 Å². The Hall–Kier alpha value is -3.09. The summed E-state index contributed by atoms with van der Waals surface area (Å²) in [6.45, 7) is 5.77. The van der Waals surface area contributed by atoms with Crippen molar-refractivity contribution >= 4 is 23.3 Å². The molecule has 0 aliphatic carbocycles. The van der Waals surface area contributed by atoms with Gasteiger partial charge in [-0.2, -0.15) is 0 Å². The van der Waals surface area contributed by atoms with E-state index in [1.807, 2.05) is 36.5 Å². The number of amides is 3. The summed E-state index contributed by atoms with van der Waals surface area (Å²) in [6, 6.07) is 9.83. The molecule has 4 rings (SSSR count). The summed E-state index contributed by atoms with van der Waals surface area (Å²) in [5.41, 5.74) is 4.17. The summed E-state index contributed by atoms with van der Waals surface area (Å²) in [6.07, 6.45) is 6.31. The third kappa shape index (κ3) is 4.56. The Morgan fingerprint density at radius 2 is 1.80 bits per heavy atom. The van der Waals surface area contributed by atoms with Gasteiger partial charge in [0.05, 0.1) is 0 Å². The van der Waals surface area contributed by atoms with Crippen molar-refractivity contribution in [3.05, 3.63) is 53.9 Å². The molecule has 1 aromatic carbocycles. The van der Waals surface area contributed by atoms with Gasteiger partial charge in [-0.1, -0.05) is 6.92 Å². The van der Waals surface area contributed by atoms with E-state index in [0.29, 0.717) is 13.1 Å². The van der Waals surface area contributed by atoms with Crippen molar-refractivity contribution in [1.82, 2.24) is 15.2 Å². The SMILES string of the molecule is CCCNC(=O)C1CCN(c2ccc(NC(=O)N3Cc4ccncc4C3)cc2)CC1. The molecule has 30 heavy (non-hydrogen) atoms. The molecule has 2 aromatic rings. The fourth-order valence-corrected chi connectivity index (χ4v) is 4.11. The van der Waals surface area contributed by atoms with Crippen LogP contribution in [-0.2, 0) is 17.9 Å². The third-order valence-corrected chi connectivity index (χ3v) is 5.91. The number of nitrogens with one attached hydrogen (secondary N) is 2. The maximum Gasteiger partial charge on any atom is 0.322 e. The van der Waals surface area contributed by atoms with E-state index in [1.54, 1.807) is 11.1 Å². The number of hydrogen-bond donors (Lipinski definition) is 2.